The average Bonchev–Trinajstić information content (AvgIpc) is 3.13. The molecule has 0 N–H and O–H groups in total. The molecule has 2 aliphatic heterocycles. The summed E-state index contributed by atoms with van der Waals surface area (Å²) in [6.07, 6.45) is 12.1. The van der Waals surface area contributed by atoms with Crippen LogP contribution in [0.3, 0.4) is 0 Å². The number of allylic oxidation sites excluding steroid dienone is 5. The van der Waals surface area contributed by atoms with Crippen LogP contribution in [0.4, 0.5) is 5.69 Å². The Bertz CT molecular complexity index is 645. The predicted octanol–water partition coefficient (Wildman–Crippen LogP) is 5.72. The fraction of sp³-hybridized carbons (Fsp3) is 0.348. The van der Waals surface area contributed by atoms with Gasteiger partial charge in [0.2, 0.25) is 0 Å². The Balaban J connectivity index is 0.000000353. The molecule has 1 aromatic rings. The molecule has 0 atom stereocenters. The molecule has 1 saturated heterocycles. The average molecular weight is 352 g/mol. The smallest absolute Gasteiger partial charge is 0.0645 e. The maximum Gasteiger partial charge on any atom is 0.0645 e. The second-order valence-electron chi connectivity index (χ2n) is 6.17. The third-order valence-corrected chi connectivity index (χ3v) is 3.98. The van der Waals surface area contributed by atoms with Crippen LogP contribution in [0.25, 0.3) is 0 Å². The second kappa shape index (κ2) is 12.0. The van der Waals surface area contributed by atoms with E-state index >= 15 is 0 Å². The number of aryl methyl sites for hydroxylation is 1. The monoisotopic (exact) mass is 351 g/mol. The molecule has 3 rings (SSSR count). The van der Waals surface area contributed by atoms with Gasteiger partial charge in [-0.1, -0.05) is 50.8 Å². The molecule has 26 heavy (non-hydrogen) atoms. The molecule has 0 spiro atoms. The minimum Gasteiger partial charge on any atom is -0.306 e. The van der Waals surface area contributed by atoms with Gasteiger partial charge >= 0.3 is 0 Å². The number of benzene rings is 1. The molecule has 2 aliphatic rings. The number of hydrogen-bond acceptors (Lipinski definition) is 3. The highest BCUT2D eigenvalue weighted by molar-refractivity contribution is 5.84. The first-order chi connectivity index (χ1) is 12.6. The van der Waals surface area contributed by atoms with E-state index in [4.69, 9.17) is 0 Å². The Morgan fingerprint density at radius 3 is 2.19 bits per heavy atom. The van der Waals surface area contributed by atoms with Crippen LogP contribution in [-0.2, 0) is 0 Å². The maximum atomic E-state index is 4.41. The van der Waals surface area contributed by atoms with Gasteiger partial charge in [-0.2, -0.15) is 5.10 Å². The van der Waals surface area contributed by atoms with E-state index in [0.717, 1.165) is 16.8 Å². The van der Waals surface area contributed by atoms with E-state index in [-0.39, 0.29) is 0 Å². The fourth-order valence-corrected chi connectivity index (χ4v) is 2.47. The summed E-state index contributed by atoms with van der Waals surface area (Å²) in [4.78, 5) is 2.36. The number of nitrogens with zero attached hydrogens (tertiary/aromatic N) is 3. The number of likely N-dealkylation sites (tertiary alicyclic amines) is 1. The van der Waals surface area contributed by atoms with Gasteiger partial charge in [-0.05, 0) is 75.3 Å². The lowest BCUT2D eigenvalue weighted by Crippen LogP contribution is -2.10. The van der Waals surface area contributed by atoms with Crippen molar-refractivity contribution in [3.8, 4) is 0 Å². The van der Waals surface area contributed by atoms with Crippen molar-refractivity contribution in [3.63, 3.8) is 0 Å². The Hall–Kier alpha value is -2.39. The SMILES string of the molecule is C=CC1=C/C(=C)/C=C\N(c2ccc(C)cc2)/N=C\1.CC.CN1CCCC1. The first-order valence-corrected chi connectivity index (χ1v) is 9.38. The molecule has 140 valence electrons. The van der Waals surface area contributed by atoms with E-state index in [2.05, 4.69) is 49.3 Å². The predicted molar refractivity (Wildman–Crippen MR) is 117 cm³/mol. The Morgan fingerprint density at radius 2 is 1.69 bits per heavy atom. The molecule has 3 nitrogen and oxygen atoms in total. The largest absolute Gasteiger partial charge is 0.306 e. The molecule has 0 bridgehead atoms. The zero-order valence-corrected chi connectivity index (χ0v) is 16.8. The van der Waals surface area contributed by atoms with Gasteiger partial charge in [0.05, 0.1) is 11.9 Å². The summed E-state index contributed by atoms with van der Waals surface area (Å²) in [6.45, 7) is 16.4. The number of hydrazone groups is 1. The van der Waals surface area contributed by atoms with Crippen molar-refractivity contribution in [1.82, 2.24) is 4.90 Å². The van der Waals surface area contributed by atoms with E-state index in [9.17, 15) is 0 Å². The van der Waals surface area contributed by atoms with Crippen molar-refractivity contribution >= 4 is 11.9 Å². The van der Waals surface area contributed by atoms with Crippen LogP contribution >= 0.6 is 0 Å². The normalized spacial score (nSPS) is 21.0. The van der Waals surface area contributed by atoms with Gasteiger partial charge in [-0.3, -0.25) is 0 Å². The lowest BCUT2D eigenvalue weighted by molar-refractivity contribution is 0.418. The Labute approximate surface area is 159 Å². The molecule has 0 saturated carbocycles. The van der Waals surface area contributed by atoms with Crippen molar-refractivity contribution in [3.05, 3.63) is 78.6 Å². The molecular weight excluding hydrogens is 318 g/mol. The van der Waals surface area contributed by atoms with Crippen molar-refractivity contribution in [2.75, 3.05) is 25.1 Å². The van der Waals surface area contributed by atoms with E-state index in [1.807, 2.05) is 49.3 Å². The highest BCUT2D eigenvalue weighted by atomic mass is 15.4. The van der Waals surface area contributed by atoms with Gasteiger partial charge in [-0.15, -0.1) is 0 Å². The topological polar surface area (TPSA) is 18.8 Å². The lowest BCUT2D eigenvalue weighted by atomic mass is 10.1. The van der Waals surface area contributed by atoms with Crippen molar-refractivity contribution < 1.29 is 0 Å². The summed E-state index contributed by atoms with van der Waals surface area (Å²) in [6, 6.07) is 8.21. The van der Waals surface area contributed by atoms with Gasteiger partial charge in [0.25, 0.3) is 0 Å². The summed E-state index contributed by atoms with van der Waals surface area (Å²) < 4.78 is 0. The highest BCUT2D eigenvalue weighted by Crippen LogP contribution is 2.18. The highest BCUT2D eigenvalue weighted by Gasteiger charge is 2.03. The summed E-state index contributed by atoms with van der Waals surface area (Å²) in [5.74, 6) is 0. The van der Waals surface area contributed by atoms with E-state index in [0.29, 0.717) is 0 Å². The zero-order chi connectivity index (χ0) is 19.4. The molecule has 1 fully saturated rings. The first-order valence-electron chi connectivity index (χ1n) is 9.38. The zero-order valence-electron chi connectivity index (χ0n) is 16.8. The van der Waals surface area contributed by atoms with Crippen LogP contribution < -0.4 is 5.01 Å². The van der Waals surface area contributed by atoms with Crippen LogP contribution in [0.2, 0.25) is 0 Å². The molecule has 2 heterocycles. The van der Waals surface area contributed by atoms with Gasteiger partial charge in [-0.25, -0.2) is 5.01 Å². The number of anilines is 1. The quantitative estimate of drug-likeness (QED) is 0.678. The van der Waals surface area contributed by atoms with Gasteiger partial charge < -0.3 is 4.90 Å². The second-order valence-corrected chi connectivity index (χ2v) is 6.17. The van der Waals surface area contributed by atoms with Crippen LogP contribution in [-0.4, -0.2) is 31.3 Å². The Kier molecular flexibility index (Phi) is 10.0. The Morgan fingerprint density at radius 1 is 1.08 bits per heavy atom. The molecule has 0 aliphatic carbocycles. The minimum absolute atomic E-state index is 0.924. The molecule has 1 aromatic carbocycles. The summed E-state index contributed by atoms with van der Waals surface area (Å²) in [5, 5.41) is 6.23. The molecule has 0 radical (unpaired) electrons. The molecular formula is C23H33N3. The standard InChI is InChI=1S/C16H16N2.C5H11N.C2H6/c1-4-15-11-14(3)9-10-18(17-12-15)16-7-5-13(2)6-8-16;1-6-4-2-3-5-6;1-2/h4-12H,1,3H2,2H3;2-5H2,1H3;1-2H3/b10-9-,15-11-,17-12-;;. The first kappa shape index (κ1) is 21.7. The third kappa shape index (κ3) is 7.66. The molecule has 0 unspecified atom stereocenters. The third-order valence-electron chi connectivity index (χ3n) is 3.98. The van der Waals surface area contributed by atoms with Gasteiger partial charge in [0.1, 0.15) is 0 Å². The summed E-state index contributed by atoms with van der Waals surface area (Å²) >= 11 is 0. The lowest BCUT2D eigenvalue weighted by Gasteiger charge is -2.16. The van der Waals surface area contributed by atoms with Crippen LogP contribution in [0, 0.1) is 6.92 Å². The van der Waals surface area contributed by atoms with Crippen molar-refractivity contribution in [1.29, 1.82) is 0 Å². The molecule has 3 heteroatoms. The molecule has 0 amide bonds. The van der Waals surface area contributed by atoms with Crippen molar-refractivity contribution in [2.45, 2.75) is 33.6 Å². The van der Waals surface area contributed by atoms with Crippen LogP contribution in [0.5, 0.6) is 0 Å². The number of hydrogen-bond donors (Lipinski definition) is 0. The van der Waals surface area contributed by atoms with Crippen molar-refractivity contribution in [2.24, 2.45) is 5.10 Å². The number of rotatable bonds is 2. The summed E-state index contributed by atoms with van der Waals surface area (Å²) in [5.41, 5.74) is 4.12. The summed E-state index contributed by atoms with van der Waals surface area (Å²) in [7, 11) is 2.17. The van der Waals surface area contributed by atoms with Crippen LogP contribution in [0.15, 0.2) is 78.1 Å². The van der Waals surface area contributed by atoms with E-state index < -0.39 is 0 Å². The minimum atomic E-state index is 0.924. The van der Waals surface area contributed by atoms with E-state index in [1.165, 1.54) is 31.5 Å². The maximum absolute atomic E-state index is 4.41. The fourth-order valence-electron chi connectivity index (χ4n) is 2.47. The van der Waals surface area contributed by atoms with Gasteiger partial charge in [0.15, 0.2) is 0 Å². The molecule has 0 aromatic heterocycles. The van der Waals surface area contributed by atoms with Crippen LogP contribution in [0.1, 0.15) is 32.3 Å². The van der Waals surface area contributed by atoms with Gasteiger partial charge in [0, 0.05) is 6.20 Å². The van der Waals surface area contributed by atoms with E-state index in [1.54, 1.807) is 12.3 Å².